The van der Waals surface area contributed by atoms with E-state index >= 15 is 0 Å². The van der Waals surface area contributed by atoms with Crippen molar-refractivity contribution in [3.8, 4) is 0 Å². The van der Waals surface area contributed by atoms with Crippen LogP contribution >= 0.6 is 0 Å². The van der Waals surface area contributed by atoms with Gasteiger partial charge in [0.25, 0.3) is 0 Å². The smallest absolute Gasteiger partial charge is 0.321 e. The molecule has 0 aliphatic rings. The van der Waals surface area contributed by atoms with Crippen molar-refractivity contribution >= 4 is 15.8 Å². The molecule has 20 heavy (non-hydrogen) atoms. The Labute approximate surface area is 120 Å². The molecule has 2 N–H and O–H groups in total. The minimum absolute atomic E-state index is 0.164. The van der Waals surface area contributed by atoms with Crippen LogP contribution in [0.5, 0.6) is 0 Å². The first-order chi connectivity index (χ1) is 9.25. The van der Waals surface area contributed by atoms with Gasteiger partial charge in [-0.05, 0) is 31.9 Å². The average Bonchev–Trinajstić information content (AvgIpc) is 2.26. The maximum Gasteiger partial charge on any atom is 0.321 e. The van der Waals surface area contributed by atoms with Crippen LogP contribution in [0.15, 0.2) is 18.2 Å². The second-order valence-electron chi connectivity index (χ2n) is 4.83. The van der Waals surface area contributed by atoms with E-state index in [1.54, 1.807) is 6.92 Å². The molecule has 0 heterocycles. The molecule has 1 aromatic carbocycles. The van der Waals surface area contributed by atoms with Gasteiger partial charge in [0.1, 0.15) is 5.75 Å². The fraction of sp³-hybridized carbons (Fsp3) is 0.500. The summed E-state index contributed by atoms with van der Waals surface area (Å²) in [5.41, 5.74) is 8.77. The normalized spacial score (nSPS) is 13.0. The molecule has 0 bridgehead atoms. The van der Waals surface area contributed by atoms with E-state index in [9.17, 15) is 13.2 Å². The van der Waals surface area contributed by atoms with Crippen LogP contribution in [-0.4, -0.2) is 32.5 Å². The van der Waals surface area contributed by atoms with Crippen molar-refractivity contribution < 1.29 is 17.9 Å². The monoisotopic (exact) mass is 299 g/mol. The molecule has 1 rings (SSSR count). The van der Waals surface area contributed by atoms with E-state index in [-0.39, 0.29) is 12.4 Å². The molecule has 0 aliphatic carbocycles. The van der Waals surface area contributed by atoms with Gasteiger partial charge in [-0.3, -0.25) is 4.79 Å². The van der Waals surface area contributed by atoms with E-state index in [2.05, 4.69) is 4.74 Å². The molecular formula is C14H21NO4S. The quantitative estimate of drug-likeness (QED) is 0.800. The van der Waals surface area contributed by atoms with Gasteiger partial charge in [-0.15, -0.1) is 0 Å². The van der Waals surface area contributed by atoms with Crippen LogP contribution in [0.1, 0.15) is 29.7 Å². The number of esters is 1. The Kier molecular flexibility index (Phi) is 5.71. The lowest BCUT2D eigenvalue weighted by Gasteiger charge is -2.15. The molecule has 112 valence electrons. The molecule has 0 aliphatic heterocycles. The van der Waals surface area contributed by atoms with Crippen molar-refractivity contribution in [2.75, 3.05) is 18.1 Å². The van der Waals surface area contributed by atoms with Gasteiger partial charge in [0.05, 0.1) is 12.4 Å². The average molecular weight is 299 g/mol. The first-order valence-electron chi connectivity index (χ1n) is 6.44. The van der Waals surface area contributed by atoms with Crippen molar-refractivity contribution in [2.45, 2.75) is 26.8 Å². The minimum Gasteiger partial charge on any atom is -0.465 e. The highest BCUT2D eigenvalue weighted by atomic mass is 32.2. The summed E-state index contributed by atoms with van der Waals surface area (Å²) in [4.78, 5) is 11.2. The van der Waals surface area contributed by atoms with Gasteiger partial charge in [0, 0.05) is 6.04 Å². The Morgan fingerprint density at radius 3 is 2.55 bits per heavy atom. The van der Waals surface area contributed by atoms with Crippen molar-refractivity contribution in [2.24, 2.45) is 5.73 Å². The lowest BCUT2D eigenvalue weighted by molar-refractivity contribution is -0.139. The maximum absolute atomic E-state index is 11.9. The Morgan fingerprint density at radius 2 is 2.00 bits per heavy atom. The summed E-state index contributed by atoms with van der Waals surface area (Å²) in [5, 5.41) is 0. The highest BCUT2D eigenvalue weighted by molar-refractivity contribution is 7.92. The second kappa shape index (κ2) is 6.85. The standard InChI is InChI=1S/C14H21NO4S/c1-4-19-14(16)9-20(17,18)8-13(15)12-6-5-10(2)7-11(12)3/h5-7,13H,4,8-9,15H2,1-3H3. The molecular weight excluding hydrogens is 278 g/mol. The summed E-state index contributed by atoms with van der Waals surface area (Å²) in [6.45, 7) is 5.64. The number of hydrogen-bond acceptors (Lipinski definition) is 5. The SMILES string of the molecule is CCOC(=O)CS(=O)(=O)CC(N)c1ccc(C)cc1C. The zero-order valence-electron chi connectivity index (χ0n) is 12.0. The van der Waals surface area contributed by atoms with Crippen LogP contribution < -0.4 is 5.73 Å². The third-order valence-corrected chi connectivity index (χ3v) is 4.44. The van der Waals surface area contributed by atoms with Gasteiger partial charge < -0.3 is 10.5 Å². The first-order valence-corrected chi connectivity index (χ1v) is 8.26. The summed E-state index contributed by atoms with van der Waals surface area (Å²) >= 11 is 0. The highest BCUT2D eigenvalue weighted by Gasteiger charge is 2.22. The van der Waals surface area contributed by atoms with E-state index in [0.717, 1.165) is 16.7 Å². The van der Waals surface area contributed by atoms with Crippen molar-refractivity contribution in [3.63, 3.8) is 0 Å². The number of aryl methyl sites for hydroxylation is 2. The van der Waals surface area contributed by atoms with E-state index in [0.29, 0.717) is 0 Å². The number of carbonyl (C=O) groups excluding carboxylic acids is 1. The second-order valence-corrected chi connectivity index (χ2v) is 6.94. The summed E-state index contributed by atoms with van der Waals surface area (Å²) in [6.07, 6.45) is 0. The summed E-state index contributed by atoms with van der Waals surface area (Å²) in [5.74, 6) is -1.63. The van der Waals surface area contributed by atoms with Crippen molar-refractivity contribution in [3.05, 3.63) is 34.9 Å². The van der Waals surface area contributed by atoms with E-state index in [1.165, 1.54) is 0 Å². The number of benzene rings is 1. The summed E-state index contributed by atoms with van der Waals surface area (Å²) in [7, 11) is -3.58. The molecule has 1 unspecified atom stereocenters. The number of rotatable bonds is 6. The number of hydrogen-bond donors (Lipinski definition) is 1. The molecule has 0 spiro atoms. The fourth-order valence-electron chi connectivity index (χ4n) is 2.05. The third-order valence-electron chi connectivity index (χ3n) is 2.90. The van der Waals surface area contributed by atoms with Gasteiger partial charge in [-0.2, -0.15) is 0 Å². The number of ether oxygens (including phenoxy) is 1. The summed E-state index contributed by atoms with van der Waals surface area (Å²) < 4.78 is 28.4. The van der Waals surface area contributed by atoms with Crippen molar-refractivity contribution in [1.82, 2.24) is 0 Å². The maximum atomic E-state index is 11.9. The van der Waals surface area contributed by atoms with Crippen LogP contribution in [0.2, 0.25) is 0 Å². The minimum atomic E-state index is -3.58. The Hall–Kier alpha value is -1.40. The Morgan fingerprint density at radius 1 is 1.35 bits per heavy atom. The van der Waals surface area contributed by atoms with Crippen LogP contribution in [0.3, 0.4) is 0 Å². The van der Waals surface area contributed by atoms with E-state index < -0.39 is 27.6 Å². The largest absolute Gasteiger partial charge is 0.465 e. The van der Waals surface area contributed by atoms with Gasteiger partial charge in [0.15, 0.2) is 9.84 Å². The van der Waals surface area contributed by atoms with E-state index in [1.807, 2.05) is 32.0 Å². The molecule has 0 radical (unpaired) electrons. The number of nitrogens with two attached hydrogens (primary N) is 1. The van der Waals surface area contributed by atoms with Crippen LogP contribution in [0.25, 0.3) is 0 Å². The molecule has 0 aromatic heterocycles. The molecule has 0 amide bonds. The van der Waals surface area contributed by atoms with Crippen molar-refractivity contribution in [1.29, 1.82) is 0 Å². The highest BCUT2D eigenvalue weighted by Crippen LogP contribution is 2.18. The van der Waals surface area contributed by atoms with Gasteiger partial charge in [-0.25, -0.2) is 8.42 Å². The Balaban J connectivity index is 2.78. The van der Waals surface area contributed by atoms with Crippen LogP contribution in [0, 0.1) is 13.8 Å². The summed E-state index contributed by atoms with van der Waals surface area (Å²) in [6, 6.07) is 5.03. The fourth-order valence-corrected chi connectivity index (χ4v) is 3.33. The number of sulfone groups is 1. The predicted octanol–water partition coefficient (Wildman–Crippen LogP) is 1.28. The van der Waals surface area contributed by atoms with Gasteiger partial charge >= 0.3 is 5.97 Å². The molecule has 6 heteroatoms. The molecule has 0 fully saturated rings. The first kappa shape index (κ1) is 16.7. The molecule has 5 nitrogen and oxygen atoms in total. The predicted molar refractivity (Wildman–Crippen MR) is 78.1 cm³/mol. The number of carbonyl (C=O) groups is 1. The molecule has 1 atom stereocenters. The topological polar surface area (TPSA) is 86.5 Å². The zero-order chi connectivity index (χ0) is 15.3. The molecule has 1 aromatic rings. The molecule has 0 saturated heterocycles. The third kappa shape index (κ3) is 4.94. The zero-order valence-corrected chi connectivity index (χ0v) is 12.9. The Bertz CT molecular complexity index is 581. The van der Waals surface area contributed by atoms with Gasteiger partial charge in [0.2, 0.25) is 0 Å². The van der Waals surface area contributed by atoms with E-state index in [4.69, 9.17) is 5.73 Å². The molecule has 0 saturated carbocycles. The lowest BCUT2D eigenvalue weighted by atomic mass is 10.0. The van der Waals surface area contributed by atoms with Crippen LogP contribution in [0.4, 0.5) is 0 Å². The van der Waals surface area contributed by atoms with Crippen LogP contribution in [-0.2, 0) is 19.4 Å². The van der Waals surface area contributed by atoms with Gasteiger partial charge in [-0.1, -0.05) is 23.8 Å². The lowest BCUT2D eigenvalue weighted by Crippen LogP contribution is -2.28.